The van der Waals surface area contributed by atoms with Crippen molar-refractivity contribution in [2.45, 2.75) is 19.5 Å². The van der Waals surface area contributed by atoms with Crippen molar-refractivity contribution in [2.75, 3.05) is 0 Å². The minimum Gasteiger partial charge on any atom is -0.300 e. The van der Waals surface area contributed by atoms with Crippen LogP contribution in [0.4, 0.5) is 5.69 Å². The summed E-state index contributed by atoms with van der Waals surface area (Å²) >= 11 is 3.28. The molecule has 1 unspecified atom stereocenters. The van der Waals surface area contributed by atoms with Crippen LogP contribution in [-0.4, -0.2) is 11.0 Å². The van der Waals surface area contributed by atoms with Crippen LogP contribution in [0.5, 0.6) is 0 Å². The van der Waals surface area contributed by atoms with Gasteiger partial charge in [0.2, 0.25) is 0 Å². The molecule has 1 atom stereocenters. The number of hydrogen-bond donors (Lipinski definition) is 1. The van der Waals surface area contributed by atoms with E-state index < -0.39 is 4.92 Å². The molecule has 1 aromatic rings. The largest absolute Gasteiger partial charge is 0.300 e. The van der Waals surface area contributed by atoms with Crippen molar-refractivity contribution < 1.29 is 4.92 Å². The SMILES string of the molecule is C#CC(C)NCc1cc(Br)ccc1[N+](=O)[O-]. The van der Waals surface area contributed by atoms with Crippen molar-refractivity contribution in [3.8, 4) is 12.3 Å². The molecule has 0 aliphatic rings. The number of nitro benzene ring substituents is 1. The highest BCUT2D eigenvalue weighted by Crippen LogP contribution is 2.22. The topological polar surface area (TPSA) is 55.2 Å². The van der Waals surface area contributed by atoms with E-state index in [2.05, 4.69) is 27.2 Å². The maximum atomic E-state index is 10.8. The molecule has 0 bridgehead atoms. The summed E-state index contributed by atoms with van der Waals surface area (Å²) in [4.78, 5) is 10.4. The Balaban J connectivity index is 2.89. The minimum absolute atomic E-state index is 0.0971. The van der Waals surface area contributed by atoms with Gasteiger partial charge < -0.3 is 0 Å². The van der Waals surface area contributed by atoms with Crippen molar-refractivity contribution >= 4 is 21.6 Å². The number of rotatable bonds is 4. The molecule has 0 saturated heterocycles. The summed E-state index contributed by atoms with van der Waals surface area (Å²) in [6, 6.07) is 4.72. The normalized spacial score (nSPS) is 11.8. The Labute approximate surface area is 102 Å². The van der Waals surface area contributed by atoms with E-state index in [-0.39, 0.29) is 11.7 Å². The van der Waals surface area contributed by atoms with Gasteiger partial charge >= 0.3 is 0 Å². The van der Waals surface area contributed by atoms with Gasteiger partial charge in [-0.15, -0.1) is 6.42 Å². The average molecular weight is 283 g/mol. The number of benzene rings is 1. The van der Waals surface area contributed by atoms with E-state index in [0.29, 0.717) is 12.1 Å². The molecule has 0 radical (unpaired) electrons. The van der Waals surface area contributed by atoms with E-state index in [1.165, 1.54) is 6.07 Å². The molecule has 0 spiro atoms. The molecule has 16 heavy (non-hydrogen) atoms. The fraction of sp³-hybridized carbons (Fsp3) is 0.273. The van der Waals surface area contributed by atoms with Gasteiger partial charge in [-0.05, 0) is 19.1 Å². The number of nitrogens with one attached hydrogen (secondary N) is 1. The Bertz CT molecular complexity index is 440. The minimum atomic E-state index is -0.399. The Morgan fingerprint density at radius 2 is 2.38 bits per heavy atom. The van der Waals surface area contributed by atoms with Crippen molar-refractivity contribution in [1.29, 1.82) is 0 Å². The molecular weight excluding hydrogens is 272 g/mol. The summed E-state index contributed by atoms with van der Waals surface area (Å²) in [5.74, 6) is 2.51. The van der Waals surface area contributed by atoms with Crippen molar-refractivity contribution in [3.05, 3.63) is 38.3 Å². The van der Waals surface area contributed by atoms with Crippen LogP contribution < -0.4 is 5.32 Å². The first-order valence-corrected chi connectivity index (χ1v) is 5.46. The highest BCUT2D eigenvalue weighted by atomic mass is 79.9. The lowest BCUT2D eigenvalue weighted by Crippen LogP contribution is -2.23. The molecule has 4 nitrogen and oxygen atoms in total. The molecule has 0 amide bonds. The highest BCUT2D eigenvalue weighted by molar-refractivity contribution is 9.10. The van der Waals surface area contributed by atoms with E-state index in [9.17, 15) is 10.1 Å². The molecule has 1 N–H and O–H groups in total. The van der Waals surface area contributed by atoms with Crippen LogP contribution >= 0.6 is 15.9 Å². The van der Waals surface area contributed by atoms with E-state index in [1.54, 1.807) is 12.1 Å². The third kappa shape index (κ3) is 3.33. The predicted molar refractivity (Wildman–Crippen MR) is 65.9 cm³/mol. The van der Waals surface area contributed by atoms with Crippen molar-refractivity contribution in [1.82, 2.24) is 5.32 Å². The smallest absolute Gasteiger partial charge is 0.273 e. The summed E-state index contributed by atoms with van der Waals surface area (Å²) in [6.45, 7) is 2.20. The summed E-state index contributed by atoms with van der Waals surface area (Å²) in [7, 11) is 0. The molecule has 0 saturated carbocycles. The lowest BCUT2D eigenvalue weighted by Gasteiger charge is -2.08. The summed E-state index contributed by atoms with van der Waals surface area (Å²) in [6.07, 6.45) is 5.21. The van der Waals surface area contributed by atoms with Gasteiger partial charge in [-0.25, -0.2) is 0 Å². The Morgan fingerprint density at radius 3 is 2.94 bits per heavy atom. The fourth-order valence-corrected chi connectivity index (χ4v) is 1.60. The van der Waals surface area contributed by atoms with E-state index in [4.69, 9.17) is 6.42 Å². The van der Waals surface area contributed by atoms with Gasteiger partial charge in [-0.1, -0.05) is 21.9 Å². The Kier molecular flexibility index (Phi) is 4.47. The number of nitro groups is 1. The third-order valence-electron chi connectivity index (χ3n) is 2.09. The van der Waals surface area contributed by atoms with Crippen LogP contribution in [0.3, 0.4) is 0 Å². The Hall–Kier alpha value is -1.38. The van der Waals surface area contributed by atoms with Crippen LogP contribution in [0.15, 0.2) is 22.7 Å². The zero-order chi connectivity index (χ0) is 12.1. The third-order valence-corrected chi connectivity index (χ3v) is 2.58. The molecule has 0 heterocycles. The molecule has 0 fully saturated rings. The number of hydrogen-bond acceptors (Lipinski definition) is 3. The molecule has 0 aliphatic carbocycles. The predicted octanol–water partition coefficient (Wildman–Crippen LogP) is 2.47. The first kappa shape index (κ1) is 12.7. The monoisotopic (exact) mass is 282 g/mol. The molecule has 0 aliphatic heterocycles. The molecule has 0 aromatic heterocycles. The summed E-state index contributed by atoms with van der Waals surface area (Å²) in [5.41, 5.74) is 0.710. The molecule has 1 aromatic carbocycles. The van der Waals surface area contributed by atoms with Gasteiger partial charge in [0.15, 0.2) is 0 Å². The highest BCUT2D eigenvalue weighted by Gasteiger charge is 2.13. The van der Waals surface area contributed by atoms with E-state index in [1.807, 2.05) is 6.92 Å². The van der Waals surface area contributed by atoms with Gasteiger partial charge in [-0.3, -0.25) is 15.4 Å². The van der Waals surface area contributed by atoms with Crippen LogP contribution in [0.2, 0.25) is 0 Å². The number of terminal acetylenes is 1. The molecule has 1 rings (SSSR count). The van der Waals surface area contributed by atoms with Crippen LogP contribution in [0, 0.1) is 22.5 Å². The quantitative estimate of drug-likeness (QED) is 0.524. The number of nitrogens with zero attached hydrogens (tertiary/aromatic N) is 1. The Morgan fingerprint density at radius 1 is 1.69 bits per heavy atom. The van der Waals surface area contributed by atoms with E-state index >= 15 is 0 Å². The number of halogens is 1. The van der Waals surface area contributed by atoms with Gasteiger partial charge in [0.05, 0.1) is 11.0 Å². The van der Waals surface area contributed by atoms with Crippen molar-refractivity contribution in [3.63, 3.8) is 0 Å². The van der Waals surface area contributed by atoms with E-state index in [0.717, 1.165) is 4.47 Å². The molecular formula is C11H11BrN2O2. The first-order chi connectivity index (χ1) is 7.54. The van der Waals surface area contributed by atoms with Gasteiger partial charge in [0.25, 0.3) is 5.69 Å². The molecule has 84 valence electrons. The second-order valence-electron chi connectivity index (χ2n) is 3.30. The van der Waals surface area contributed by atoms with Crippen molar-refractivity contribution in [2.24, 2.45) is 0 Å². The summed E-state index contributed by atoms with van der Waals surface area (Å²) < 4.78 is 0.809. The average Bonchev–Trinajstić information content (AvgIpc) is 2.25. The van der Waals surface area contributed by atoms with Gasteiger partial charge in [-0.2, -0.15) is 0 Å². The van der Waals surface area contributed by atoms with Crippen LogP contribution in [-0.2, 0) is 6.54 Å². The van der Waals surface area contributed by atoms with Gasteiger partial charge in [0, 0.05) is 22.6 Å². The van der Waals surface area contributed by atoms with Crippen LogP contribution in [0.1, 0.15) is 12.5 Å². The standard InChI is InChI=1S/C11H11BrN2O2/c1-3-8(2)13-7-9-6-10(12)4-5-11(9)14(15)16/h1,4-6,8,13H,7H2,2H3. The second-order valence-corrected chi connectivity index (χ2v) is 4.22. The zero-order valence-electron chi connectivity index (χ0n) is 8.74. The van der Waals surface area contributed by atoms with Gasteiger partial charge in [0.1, 0.15) is 0 Å². The second kappa shape index (κ2) is 5.64. The maximum absolute atomic E-state index is 10.8. The molecule has 5 heteroatoms. The lowest BCUT2D eigenvalue weighted by atomic mass is 10.1. The lowest BCUT2D eigenvalue weighted by molar-refractivity contribution is -0.385. The van der Waals surface area contributed by atoms with Crippen LogP contribution in [0.25, 0.3) is 0 Å². The first-order valence-electron chi connectivity index (χ1n) is 4.67. The summed E-state index contributed by atoms with van der Waals surface area (Å²) in [5, 5.41) is 13.8. The maximum Gasteiger partial charge on any atom is 0.273 e. The zero-order valence-corrected chi connectivity index (χ0v) is 10.3. The fourth-order valence-electron chi connectivity index (χ4n) is 1.20.